The van der Waals surface area contributed by atoms with Crippen molar-refractivity contribution >= 4 is 10.9 Å². The van der Waals surface area contributed by atoms with E-state index in [1.807, 2.05) is 0 Å². The van der Waals surface area contributed by atoms with E-state index in [1.54, 1.807) is 16.2 Å². The molecule has 1 aliphatic heterocycles. The Kier molecular flexibility index (Phi) is 4.11. The van der Waals surface area contributed by atoms with Gasteiger partial charge < -0.3 is 14.6 Å². The summed E-state index contributed by atoms with van der Waals surface area (Å²) in [4.78, 5) is 1.72. The zero-order chi connectivity index (χ0) is 19.4. The molecule has 1 saturated carbocycles. The van der Waals surface area contributed by atoms with Gasteiger partial charge in [-0.25, -0.2) is 0 Å². The topological polar surface area (TPSA) is 29.6 Å². The second-order valence-corrected chi connectivity index (χ2v) is 9.50. The fourth-order valence-electron chi connectivity index (χ4n) is 6.40. The smallest absolute Gasteiger partial charge is 0.129 e. The van der Waals surface area contributed by atoms with E-state index in [4.69, 9.17) is 0 Å². The van der Waals surface area contributed by atoms with Gasteiger partial charge in [0.05, 0.1) is 24.4 Å². The fourth-order valence-corrected chi connectivity index (χ4v) is 6.40. The van der Waals surface area contributed by atoms with Crippen molar-refractivity contribution in [2.45, 2.75) is 69.7 Å². The lowest BCUT2D eigenvalue weighted by atomic mass is 9.87. The number of nitrogens with one attached hydrogen (secondary N) is 1. The molecule has 3 aromatic rings. The summed E-state index contributed by atoms with van der Waals surface area (Å²) in [6.07, 6.45) is 7.89. The highest BCUT2D eigenvalue weighted by molar-refractivity contribution is 5.87. The molecular weight excluding hydrogens is 356 g/mol. The Morgan fingerprint density at radius 2 is 1.86 bits per heavy atom. The van der Waals surface area contributed by atoms with Crippen LogP contribution in [0.2, 0.25) is 0 Å². The van der Waals surface area contributed by atoms with E-state index in [-0.39, 0.29) is 0 Å². The number of aromatic nitrogens is 1. The molecule has 1 fully saturated rings. The number of aryl methyl sites for hydroxylation is 1. The minimum atomic E-state index is -0.595. The molecule has 2 heterocycles. The lowest BCUT2D eigenvalue weighted by molar-refractivity contribution is -0.950. The monoisotopic (exact) mass is 387 g/mol. The quantitative estimate of drug-likeness (QED) is 0.702. The van der Waals surface area contributed by atoms with Crippen LogP contribution < -0.4 is 4.90 Å². The molecule has 3 heteroatoms. The maximum absolute atomic E-state index is 11.1. The number of hydrogen-bond donors (Lipinski definition) is 2. The molecule has 29 heavy (non-hydrogen) atoms. The zero-order valence-electron chi connectivity index (χ0n) is 17.2. The summed E-state index contributed by atoms with van der Waals surface area (Å²) in [5.74, 6) is 0. The van der Waals surface area contributed by atoms with Crippen LogP contribution in [-0.4, -0.2) is 16.2 Å². The van der Waals surface area contributed by atoms with Gasteiger partial charge in [-0.3, -0.25) is 0 Å². The third-order valence-corrected chi connectivity index (χ3v) is 7.85. The molecular formula is C26H31N2O+. The van der Waals surface area contributed by atoms with Crippen molar-refractivity contribution in [3.63, 3.8) is 0 Å². The van der Waals surface area contributed by atoms with Gasteiger partial charge in [0.1, 0.15) is 12.6 Å². The van der Waals surface area contributed by atoms with Crippen LogP contribution in [0.4, 0.5) is 0 Å². The zero-order valence-corrected chi connectivity index (χ0v) is 17.2. The molecule has 1 aromatic heterocycles. The first-order valence-electron chi connectivity index (χ1n) is 11.5. The van der Waals surface area contributed by atoms with E-state index in [1.165, 1.54) is 42.3 Å². The molecule has 1 unspecified atom stereocenters. The molecule has 0 spiro atoms. The Hall–Kier alpha value is -2.10. The maximum Gasteiger partial charge on any atom is 0.129 e. The SMILES string of the molecule is OC1(c2ccc3c(c2)c2c4n3CC[NH+](Cc3ccccc3)[C@@H]4CCC2)CCCC1. The molecule has 0 radical (unpaired) electrons. The number of rotatable bonds is 3. The average Bonchev–Trinajstić information content (AvgIpc) is 3.34. The Morgan fingerprint density at radius 3 is 2.69 bits per heavy atom. The molecule has 150 valence electrons. The van der Waals surface area contributed by atoms with Crippen LogP contribution in [0.5, 0.6) is 0 Å². The lowest BCUT2D eigenvalue weighted by Crippen LogP contribution is -3.12. The molecule has 3 aliphatic rings. The molecule has 0 amide bonds. The predicted octanol–water partition coefficient (Wildman–Crippen LogP) is 3.88. The van der Waals surface area contributed by atoms with E-state index >= 15 is 0 Å². The number of quaternary nitrogens is 1. The molecule has 2 aromatic carbocycles. The number of fused-ring (bicyclic) bond motifs is 3. The highest BCUT2D eigenvalue weighted by atomic mass is 16.3. The molecule has 0 bridgehead atoms. The Bertz CT molecular complexity index is 1050. The summed E-state index contributed by atoms with van der Waals surface area (Å²) < 4.78 is 2.62. The van der Waals surface area contributed by atoms with Gasteiger partial charge in [0.15, 0.2) is 0 Å². The van der Waals surface area contributed by atoms with E-state index in [2.05, 4.69) is 53.1 Å². The van der Waals surface area contributed by atoms with Crippen LogP contribution in [0.1, 0.15) is 67.0 Å². The highest BCUT2D eigenvalue weighted by Crippen LogP contribution is 2.42. The van der Waals surface area contributed by atoms with Crippen LogP contribution in [-0.2, 0) is 25.1 Å². The first kappa shape index (κ1) is 17.7. The van der Waals surface area contributed by atoms with Crippen molar-refractivity contribution in [2.24, 2.45) is 0 Å². The van der Waals surface area contributed by atoms with Crippen LogP contribution >= 0.6 is 0 Å². The van der Waals surface area contributed by atoms with Gasteiger partial charge in [-0.05, 0) is 48.9 Å². The van der Waals surface area contributed by atoms with Crippen molar-refractivity contribution in [1.29, 1.82) is 0 Å². The normalized spacial score (nSPS) is 25.3. The van der Waals surface area contributed by atoms with Gasteiger partial charge in [0.2, 0.25) is 0 Å². The molecule has 6 rings (SSSR count). The molecule has 2 atom stereocenters. The van der Waals surface area contributed by atoms with E-state index in [0.717, 1.165) is 44.3 Å². The van der Waals surface area contributed by atoms with Gasteiger partial charge in [-0.15, -0.1) is 0 Å². The van der Waals surface area contributed by atoms with Crippen molar-refractivity contribution in [1.82, 2.24) is 4.57 Å². The van der Waals surface area contributed by atoms with Crippen LogP contribution in [0, 0.1) is 0 Å². The van der Waals surface area contributed by atoms with Crippen molar-refractivity contribution in [3.8, 4) is 0 Å². The summed E-state index contributed by atoms with van der Waals surface area (Å²) >= 11 is 0. The third kappa shape index (κ3) is 2.78. The maximum atomic E-state index is 11.1. The van der Waals surface area contributed by atoms with Crippen LogP contribution in [0.3, 0.4) is 0 Å². The molecule has 2 aliphatic carbocycles. The van der Waals surface area contributed by atoms with Crippen LogP contribution in [0.15, 0.2) is 48.5 Å². The first-order valence-corrected chi connectivity index (χ1v) is 11.5. The third-order valence-electron chi connectivity index (χ3n) is 7.85. The van der Waals surface area contributed by atoms with Crippen molar-refractivity contribution in [3.05, 3.63) is 70.9 Å². The number of aliphatic hydroxyl groups is 1. The van der Waals surface area contributed by atoms with Crippen molar-refractivity contribution in [2.75, 3.05) is 6.54 Å². The van der Waals surface area contributed by atoms with Gasteiger partial charge in [-0.2, -0.15) is 0 Å². The highest BCUT2D eigenvalue weighted by Gasteiger charge is 2.39. The molecule has 2 N–H and O–H groups in total. The van der Waals surface area contributed by atoms with Crippen molar-refractivity contribution < 1.29 is 10.0 Å². The first-order chi connectivity index (χ1) is 14.2. The largest absolute Gasteiger partial charge is 0.385 e. The van der Waals surface area contributed by atoms with E-state index < -0.39 is 5.60 Å². The molecule has 3 nitrogen and oxygen atoms in total. The van der Waals surface area contributed by atoms with E-state index in [0.29, 0.717) is 6.04 Å². The number of nitrogens with zero attached hydrogens (tertiary/aromatic N) is 1. The summed E-state index contributed by atoms with van der Waals surface area (Å²) in [6.45, 7) is 3.42. The summed E-state index contributed by atoms with van der Waals surface area (Å²) in [5.41, 5.74) is 6.57. The predicted molar refractivity (Wildman–Crippen MR) is 116 cm³/mol. The number of benzene rings is 2. The van der Waals surface area contributed by atoms with Gasteiger partial charge in [0, 0.05) is 22.9 Å². The minimum absolute atomic E-state index is 0.595. The fraction of sp³-hybridized carbons (Fsp3) is 0.462. The second-order valence-electron chi connectivity index (χ2n) is 9.50. The number of hydrogen-bond acceptors (Lipinski definition) is 1. The van der Waals surface area contributed by atoms with E-state index in [9.17, 15) is 5.11 Å². The summed E-state index contributed by atoms with van der Waals surface area (Å²) in [5, 5.41) is 12.6. The Morgan fingerprint density at radius 1 is 1.03 bits per heavy atom. The Labute approximate surface area is 173 Å². The van der Waals surface area contributed by atoms with Gasteiger partial charge in [0.25, 0.3) is 0 Å². The Balaban J connectivity index is 1.42. The molecule has 0 saturated heterocycles. The summed E-state index contributed by atoms with van der Waals surface area (Å²) in [7, 11) is 0. The average molecular weight is 388 g/mol. The van der Waals surface area contributed by atoms with Gasteiger partial charge in [-0.1, -0.05) is 49.2 Å². The summed E-state index contributed by atoms with van der Waals surface area (Å²) in [6, 6.07) is 18.5. The second kappa shape index (κ2) is 6.72. The lowest BCUT2D eigenvalue weighted by Gasteiger charge is -2.37. The van der Waals surface area contributed by atoms with Crippen LogP contribution in [0.25, 0.3) is 10.9 Å². The van der Waals surface area contributed by atoms with Gasteiger partial charge >= 0.3 is 0 Å². The minimum Gasteiger partial charge on any atom is -0.385 e. The standard InChI is InChI=1S/C26H30N2O/c29-26(13-4-5-14-26)20-11-12-23-22(17-20)21-9-6-10-24-25(21)28(23)16-15-27(24)18-19-7-2-1-3-8-19/h1-3,7-8,11-12,17,24,29H,4-6,9-10,13-16,18H2/p+1/t24-/m1/s1.